The number of halogens is 3. The van der Waals surface area contributed by atoms with Gasteiger partial charge in [-0.2, -0.15) is 18.2 Å². The Hall–Kier alpha value is -3.43. The zero-order valence-corrected chi connectivity index (χ0v) is 15.6. The van der Waals surface area contributed by atoms with E-state index in [1.54, 1.807) is 24.5 Å². The van der Waals surface area contributed by atoms with Crippen molar-refractivity contribution in [2.24, 2.45) is 5.92 Å². The van der Waals surface area contributed by atoms with Crippen LogP contribution in [0.25, 0.3) is 11.4 Å². The Morgan fingerprint density at radius 2 is 1.97 bits per heavy atom. The fourth-order valence-electron chi connectivity index (χ4n) is 2.57. The molecule has 0 saturated carbocycles. The molecule has 1 aromatic carbocycles. The Kier molecular flexibility index (Phi) is 5.81. The highest BCUT2D eigenvalue weighted by molar-refractivity contribution is 5.89. The van der Waals surface area contributed by atoms with Crippen molar-refractivity contribution >= 4 is 11.7 Å². The van der Waals surface area contributed by atoms with Crippen LogP contribution in [0.1, 0.15) is 31.3 Å². The van der Waals surface area contributed by atoms with Crippen LogP contribution in [-0.2, 0) is 6.18 Å². The maximum atomic E-state index is 12.8. The monoisotopic (exact) mass is 405 g/mol. The van der Waals surface area contributed by atoms with Crippen LogP contribution in [0.4, 0.5) is 23.7 Å². The van der Waals surface area contributed by atoms with E-state index in [1.165, 1.54) is 12.1 Å². The molecule has 10 heteroatoms. The normalized spacial score (nSPS) is 12.6. The van der Waals surface area contributed by atoms with Gasteiger partial charge in [0.25, 0.3) is 0 Å². The molecule has 0 saturated heterocycles. The van der Waals surface area contributed by atoms with Crippen molar-refractivity contribution < 1.29 is 22.5 Å². The molecule has 3 aromatic rings. The average Bonchev–Trinajstić information content (AvgIpc) is 3.16. The SMILES string of the molecule is CC(C)C(NC(=O)Nc1cccc(C(F)(F)F)c1)c1nc(-c2cccnc2)no1. The van der Waals surface area contributed by atoms with Crippen molar-refractivity contribution in [1.29, 1.82) is 0 Å². The van der Waals surface area contributed by atoms with E-state index in [4.69, 9.17) is 4.52 Å². The molecule has 0 bridgehead atoms. The molecule has 0 fully saturated rings. The minimum atomic E-state index is -4.50. The second-order valence-electron chi connectivity index (χ2n) is 6.60. The summed E-state index contributed by atoms with van der Waals surface area (Å²) in [5.74, 6) is 0.376. The molecular formula is C19H18F3N5O2. The maximum absolute atomic E-state index is 12.8. The summed E-state index contributed by atoms with van der Waals surface area (Å²) in [7, 11) is 0. The summed E-state index contributed by atoms with van der Waals surface area (Å²) >= 11 is 0. The lowest BCUT2D eigenvalue weighted by atomic mass is 10.0. The van der Waals surface area contributed by atoms with E-state index in [9.17, 15) is 18.0 Å². The molecule has 2 heterocycles. The zero-order valence-electron chi connectivity index (χ0n) is 15.6. The maximum Gasteiger partial charge on any atom is 0.416 e. The molecule has 2 aromatic heterocycles. The van der Waals surface area contributed by atoms with Crippen LogP contribution in [0.3, 0.4) is 0 Å². The summed E-state index contributed by atoms with van der Waals surface area (Å²) in [5.41, 5.74) is -0.187. The number of amides is 2. The number of benzene rings is 1. The minimum Gasteiger partial charge on any atom is -0.337 e. The van der Waals surface area contributed by atoms with Gasteiger partial charge in [-0.05, 0) is 36.2 Å². The Labute approximate surface area is 164 Å². The Morgan fingerprint density at radius 3 is 2.62 bits per heavy atom. The summed E-state index contributed by atoms with van der Waals surface area (Å²) in [4.78, 5) is 20.6. The van der Waals surface area contributed by atoms with E-state index >= 15 is 0 Å². The van der Waals surface area contributed by atoms with Gasteiger partial charge in [-0.1, -0.05) is 25.1 Å². The van der Waals surface area contributed by atoms with Crippen LogP contribution in [0.5, 0.6) is 0 Å². The molecule has 1 unspecified atom stereocenters. The molecular weight excluding hydrogens is 387 g/mol. The molecule has 2 amide bonds. The highest BCUT2D eigenvalue weighted by Crippen LogP contribution is 2.30. The first-order valence-corrected chi connectivity index (χ1v) is 8.73. The first kappa shape index (κ1) is 20.3. The molecule has 3 rings (SSSR count). The zero-order chi connectivity index (χ0) is 21.0. The van der Waals surface area contributed by atoms with Crippen molar-refractivity contribution in [2.45, 2.75) is 26.1 Å². The predicted molar refractivity (Wildman–Crippen MR) is 98.7 cm³/mol. The van der Waals surface area contributed by atoms with Gasteiger partial charge in [0.05, 0.1) is 5.56 Å². The summed E-state index contributed by atoms with van der Waals surface area (Å²) in [5, 5.41) is 8.96. The van der Waals surface area contributed by atoms with Gasteiger partial charge in [0, 0.05) is 23.6 Å². The van der Waals surface area contributed by atoms with Crippen LogP contribution < -0.4 is 10.6 Å². The smallest absolute Gasteiger partial charge is 0.337 e. The molecule has 0 aliphatic heterocycles. The van der Waals surface area contributed by atoms with Crippen molar-refractivity contribution in [1.82, 2.24) is 20.4 Å². The first-order valence-electron chi connectivity index (χ1n) is 8.73. The standard InChI is InChI=1S/C19H18F3N5O2/c1-11(2)15(17-26-16(27-29-17)12-5-4-8-23-10-12)25-18(28)24-14-7-3-6-13(9-14)19(20,21)22/h3-11,15H,1-2H3,(H2,24,25,28). The highest BCUT2D eigenvalue weighted by Gasteiger charge is 2.31. The van der Waals surface area contributed by atoms with E-state index in [2.05, 4.69) is 25.8 Å². The summed E-state index contributed by atoms with van der Waals surface area (Å²) in [6.45, 7) is 3.67. The van der Waals surface area contributed by atoms with E-state index < -0.39 is 23.8 Å². The number of aromatic nitrogens is 3. The quantitative estimate of drug-likeness (QED) is 0.644. The van der Waals surface area contributed by atoms with Gasteiger partial charge in [-0.15, -0.1) is 0 Å². The van der Waals surface area contributed by atoms with Crippen LogP contribution >= 0.6 is 0 Å². The van der Waals surface area contributed by atoms with Crippen molar-refractivity contribution in [3.8, 4) is 11.4 Å². The van der Waals surface area contributed by atoms with Gasteiger partial charge in [-0.3, -0.25) is 4.98 Å². The summed E-state index contributed by atoms with van der Waals surface area (Å²) in [6.07, 6.45) is -1.31. The number of alkyl halides is 3. The van der Waals surface area contributed by atoms with Gasteiger partial charge in [0.2, 0.25) is 11.7 Å². The lowest BCUT2D eigenvalue weighted by Gasteiger charge is -2.19. The van der Waals surface area contributed by atoms with E-state index in [1.807, 2.05) is 13.8 Å². The van der Waals surface area contributed by atoms with E-state index in [0.29, 0.717) is 11.4 Å². The lowest BCUT2D eigenvalue weighted by molar-refractivity contribution is -0.137. The number of nitrogens with one attached hydrogen (secondary N) is 2. The number of rotatable bonds is 5. The third-order valence-corrected chi connectivity index (χ3v) is 4.03. The van der Waals surface area contributed by atoms with Crippen LogP contribution in [0, 0.1) is 5.92 Å². The van der Waals surface area contributed by atoms with Gasteiger partial charge < -0.3 is 15.2 Å². The Balaban J connectivity index is 1.73. The topological polar surface area (TPSA) is 92.9 Å². The van der Waals surface area contributed by atoms with Crippen LogP contribution in [0.15, 0.2) is 53.3 Å². The molecule has 152 valence electrons. The molecule has 0 spiro atoms. The van der Waals surface area contributed by atoms with Gasteiger partial charge in [0.15, 0.2) is 0 Å². The minimum absolute atomic E-state index is 0.0152. The number of carbonyl (C=O) groups is 1. The van der Waals surface area contributed by atoms with Crippen molar-refractivity contribution in [3.05, 3.63) is 60.2 Å². The molecule has 0 aliphatic rings. The molecule has 7 nitrogen and oxygen atoms in total. The second kappa shape index (κ2) is 8.29. The largest absolute Gasteiger partial charge is 0.416 e. The average molecular weight is 405 g/mol. The van der Waals surface area contributed by atoms with Crippen LogP contribution in [-0.4, -0.2) is 21.2 Å². The second-order valence-corrected chi connectivity index (χ2v) is 6.60. The van der Waals surface area contributed by atoms with E-state index in [0.717, 1.165) is 12.1 Å². The Morgan fingerprint density at radius 1 is 1.17 bits per heavy atom. The van der Waals surface area contributed by atoms with Gasteiger partial charge >= 0.3 is 12.2 Å². The number of nitrogens with zero attached hydrogens (tertiary/aromatic N) is 3. The third-order valence-electron chi connectivity index (χ3n) is 4.03. The molecule has 0 aliphatic carbocycles. The van der Waals surface area contributed by atoms with Gasteiger partial charge in [-0.25, -0.2) is 4.79 Å². The molecule has 0 radical (unpaired) electrons. The predicted octanol–water partition coefficient (Wildman–Crippen LogP) is 4.67. The first-order chi connectivity index (χ1) is 13.7. The number of hydrogen-bond donors (Lipinski definition) is 2. The van der Waals surface area contributed by atoms with Crippen LogP contribution in [0.2, 0.25) is 0 Å². The van der Waals surface area contributed by atoms with Crippen molar-refractivity contribution in [2.75, 3.05) is 5.32 Å². The third kappa shape index (κ3) is 5.09. The molecule has 1 atom stereocenters. The molecule has 29 heavy (non-hydrogen) atoms. The number of urea groups is 1. The number of hydrogen-bond acceptors (Lipinski definition) is 5. The fourth-order valence-corrected chi connectivity index (χ4v) is 2.57. The number of anilines is 1. The lowest BCUT2D eigenvalue weighted by Crippen LogP contribution is -2.35. The molecule has 2 N–H and O–H groups in total. The summed E-state index contributed by atoms with van der Waals surface area (Å²) in [6, 6.07) is 6.53. The highest BCUT2D eigenvalue weighted by atomic mass is 19.4. The van der Waals surface area contributed by atoms with Gasteiger partial charge in [0.1, 0.15) is 6.04 Å². The summed E-state index contributed by atoms with van der Waals surface area (Å²) < 4.78 is 43.8. The fraction of sp³-hybridized carbons (Fsp3) is 0.263. The van der Waals surface area contributed by atoms with E-state index in [-0.39, 0.29) is 17.5 Å². The number of pyridine rings is 1. The Bertz CT molecular complexity index is 973. The van der Waals surface area contributed by atoms with Crippen molar-refractivity contribution in [3.63, 3.8) is 0 Å². The number of carbonyl (C=O) groups excluding carboxylic acids is 1.